The molecule has 1 aromatic carbocycles. The summed E-state index contributed by atoms with van der Waals surface area (Å²) >= 11 is 0. The van der Waals surface area contributed by atoms with Gasteiger partial charge in [-0.25, -0.2) is 9.50 Å². The van der Waals surface area contributed by atoms with Gasteiger partial charge in [0.2, 0.25) is 0 Å². The predicted octanol–water partition coefficient (Wildman–Crippen LogP) is 2.70. The Labute approximate surface area is 164 Å². The van der Waals surface area contributed by atoms with Crippen LogP contribution in [0.4, 0.5) is 0 Å². The molecule has 144 valence electrons. The van der Waals surface area contributed by atoms with E-state index >= 15 is 0 Å². The maximum Gasteiger partial charge on any atom is 0.257 e. The number of amides is 1. The van der Waals surface area contributed by atoms with Crippen molar-refractivity contribution >= 4 is 11.6 Å². The molecule has 0 unspecified atom stereocenters. The van der Waals surface area contributed by atoms with Crippen LogP contribution >= 0.6 is 0 Å². The van der Waals surface area contributed by atoms with Gasteiger partial charge in [0, 0.05) is 44.5 Å². The summed E-state index contributed by atoms with van der Waals surface area (Å²) < 4.78 is 1.75. The van der Waals surface area contributed by atoms with Crippen molar-refractivity contribution in [2.24, 2.45) is 0 Å². The summed E-state index contributed by atoms with van der Waals surface area (Å²) in [6.07, 6.45) is 6.72. The second kappa shape index (κ2) is 7.02. The first-order chi connectivity index (χ1) is 13.7. The Kier molecular flexibility index (Phi) is 4.36. The van der Waals surface area contributed by atoms with Crippen LogP contribution in [0, 0.1) is 6.92 Å². The lowest BCUT2D eigenvalue weighted by molar-refractivity contribution is 0.0547. The van der Waals surface area contributed by atoms with Gasteiger partial charge in [-0.1, -0.05) is 24.3 Å². The number of aromatic nitrogens is 3. The predicted molar refractivity (Wildman–Crippen MR) is 107 cm³/mol. The van der Waals surface area contributed by atoms with Crippen molar-refractivity contribution in [2.75, 3.05) is 19.6 Å². The monoisotopic (exact) mass is 375 g/mol. The summed E-state index contributed by atoms with van der Waals surface area (Å²) in [6, 6.07) is 11.0. The molecule has 1 atom stereocenters. The van der Waals surface area contributed by atoms with Gasteiger partial charge in [-0.05, 0) is 37.3 Å². The van der Waals surface area contributed by atoms with Gasteiger partial charge >= 0.3 is 0 Å². The summed E-state index contributed by atoms with van der Waals surface area (Å²) in [5.74, 6) is 0.0736. The quantitative estimate of drug-likeness (QED) is 0.691. The third-order valence-electron chi connectivity index (χ3n) is 6.25. The number of fused-ring (bicyclic) bond motifs is 2. The minimum atomic E-state index is 0.0736. The van der Waals surface area contributed by atoms with E-state index in [-0.39, 0.29) is 5.91 Å². The molecular formula is C22H25N5O. The Morgan fingerprint density at radius 1 is 1.14 bits per heavy atom. The van der Waals surface area contributed by atoms with E-state index in [1.54, 1.807) is 16.9 Å². The van der Waals surface area contributed by atoms with Crippen molar-refractivity contribution in [3.8, 4) is 0 Å². The number of hydrogen-bond acceptors (Lipinski definition) is 4. The maximum absolute atomic E-state index is 13.2. The molecule has 2 aliphatic heterocycles. The lowest BCUT2D eigenvalue weighted by Gasteiger charge is -2.41. The number of rotatable bonds is 2. The number of nitrogens with zero attached hydrogens (tertiary/aromatic N) is 5. The van der Waals surface area contributed by atoms with Crippen LogP contribution in [0.5, 0.6) is 0 Å². The summed E-state index contributed by atoms with van der Waals surface area (Å²) in [5.41, 5.74) is 5.19. The van der Waals surface area contributed by atoms with Crippen molar-refractivity contribution in [1.29, 1.82) is 0 Å². The fraction of sp³-hybridized carbons (Fsp3) is 0.409. The Bertz CT molecular complexity index is 1030. The minimum absolute atomic E-state index is 0.0736. The molecule has 0 radical (unpaired) electrons. The highest BCUT2D eigenvalue weighted by Crippen LogP contribution is 2.25. The molecule has 5 rings (SSSR count). The summed E-state index contributed by atoms with van der Waals surface area (Å²) in [7, 11) is 0. The molecule has 1 saturated heterocycles. The molecule has 4 heterocycles. The minimum Gasteiger partial charge on any atom is -0.337 e. The standard InChI is InChI=1S/C22H25N5O/c1-16-20(13-23-21-8-10-24-27(16)21)22(28)26-11-4-7-19(15-26)25-12-9-17-5-2-3-6-18(17)14-25/h2-3,5-6,8,10,13,19H,4,7,9,11-12,14-15H2,1H3/t19-/m0/s1. The fourth-order valence-electron chi connectivity index (χ4n) is 4.64. The average molecular weight is 375 g/mol. The molecule has 0 aliphatic carbocycles. The highest BCUT2D eigenvalue weighted by atomic mass is 16.2. The van der Waals surface area contributed by atoms with Gasteiger partial charge in [-0.15, -0.1) is 0 Å². The van der Waals surface area contributed by atoms with E-state index in [0.717, 1.165) is 56.8 Å². The molecule has 28 heavy (non-hydrogen) atoms. The highest BCUT2D eigenvalue weighted by Gasteiger charge is 2.31. The molecule has 0 bridgehead atoms. The topological polar surface area (TPSA) is 53.7 Å². The number of piperidine rings is 1. The van der Waals surface area contributed by atoms with Crippen molar-refractivity contribution in [2.45, 2.75) is 38.8 Å². The Balaban J connectivity index is 1.34. The zero-order valence-corrected chi connectivity index (χ0v) is 16.2. The third kappa shape index (κ3) is 2.98. The van der Waals surface area contributed by atoms with Gasteiger partial charge in [-0.3, -0.25) is 9.69 Å². The zero-order valence-electron chi connectivity index (χ0n) is 16.2. The second-order valence-electron chi connectivity index (χ2n) is 7.89. The zero-order chi connectivity index (χ0) is 19.1. The highest BCUT2D eigenvalue weighted by molar-refractivity contribution is 5.95. The van der Waals surface area contributed by atoms with E-state index in [1.165, 1.54) is 11.1 Å². The lowest BCUT2D eigenvalue weighted by Crippen LogP contribution is -2.51. The smallest absolute Gasteiger partial charge is 0.257 e. The summed E-state index contributed by atoms with van der Waals surface area (Å²) in [4.78, 5) is 22.2. The van der Waals surface area contributed by atoms with Gasteiger partial charge < -0.3 is 4.90 Å². The number of hydrogen-bond donors (Lipinski definition) is 0. The third-order valence-corrected chi connectivity index (χ3v) is 6.25. The SMILES string of the molecule is Cc1c(C(=O)N2CCC[C@H](N3CCc4ccccc4C3)C2)cnc2ccnn12. The van der Waals surface area contributed by atoms with E-state index < -0.39 is 0 Å². The van der Waals surface area contributed by atoms with Crippen LogP contribution in [-0.4, -0.2) is 56.0 Å². The first kappa shape index (κ1) is 17.4. The number of carbonyl (C=O) groups excluding carboxylic acids is 1. The van der Waals surface area contributed by atoms with Crippen LogP contribution in [0.2, 0.25) is 0 Å². The Hall–Kier alpha value is -2.73. The van der Waals surface area contributed by atoms with E-state index in [9.17, 15) is 4.79 Å². The molecule has 0 saturated carbocycles. The largest absolute Gasteiger partial charge is 0.337 e. The van der Waals surface area contributed by atoms with E-state index in [2.05, 4.69) is 39.2 Å². The first-order valence-corrected chi connectivity index (χ1v) is 10.1. The first-order valence-electron chi connectivity index (χ1n) is 10.1. The van der Waals surface area contributed by atoms with Crippen molar-refractivity contribution < 1.29 is 4.79 Å². The number of likely N-dealkylation sites (tertiary alicyclic amines) is 1. The Morgan fingerprint density at radius 3 is 2.89 bits per heavy atom. The molecule has 1 fully saturated rings. The van der Waals surface area contributed by atoms with Crippen molar-refractivity contribution in [3.05, 3.63) is 65.1 Å². The lowest BCUT2D eigenvalue weighted by atomic mass is 9.96. The number of carbonyl (C=O) groups is 1. The fourth-order valence-corrected chi connectivity index (χ4v) is 4.64. The van der Waals surface area contributed by atoms with Gasteiger partial charge in [0.1, 0.15) is 0 Å². The van der Waals surface area contributed by atoms with Crippen LogP contribution in [0.25, 0.3) is 5.65 Å². The van der Waals surface area contributed by atoms with E-state index in [1.807, 2.05) is 17.9 Å². The molecule has 3 aromatic rings. The number of aryl methyl sites for hydroxylation is 1. The maximum atomic E-state index is 13.2. The molecular weight excluding hydrogens is 350 g/mol. The van der Waals surface area contributed by atoms with Crippen LogP contribution in [0.15, 0.2) is 42.7 Å². The van der Waals surface area contributed by atoms with Crippen molar-refractivity contribution in [3.63, 3.8) is 0 Å². The van der Waals surface area contributed by atoms with Crippen LogP contribution in [0.3, 0.4) is 0 Å². The summed E-state index contributed by atoms with van der Waals surface area (Å²) in [5, 5.41) is 4.29. The molecule has 6 nitrogen and oxygen atoms in total. The molecule has 1 amide bonds. The second-order valence-corrected chi connectivity index (χ2v) is 7.89. The van der Waals surface area contributed by atoms with E-state index in [4.69, 9.17) is 0 Å². The average Bonchev–Trinajstić information content (AvgIpc) is 3.23. The molecule has 6 heteroatoms. The van der Waals surface area contributed by atoms with Gasteiger partial charge in [0.15, 0.2) is 5.65 Å². The van der Waals surface area contributed by atoms with Crippen LogP contribution in [0.1, 0.15) is 40.0 Å². The van der Waals surface area contributed by atoms with Gasteiger partial charge in [-0.2, -0.15) is 5.10 Å². The van der Waals surface area contributed by atoms with Crippen LogP contribution in [-0.2, 0) is 13.0 Å². The number of benzene rings is 1. The van der Waals surface area contributed by atoms with Crippen molar-refractivity contribution in [1.82, 2.24) is 24.4 Å². The van der Waals surface area contributed by atoms with Gasteiger partial charge in [0.05, 0.1) is 17.5 Å². The molecule has 2 aliphatic rings. The summed E-state index contributed by atoms with van der Waals surface area (Å²) in [6.45, 7) is 5.61. The molecule has 2 aromatic heterocycles. The Morgan fingerprint density at radius 2 is 2.00 bits per heavy atom. The van der Waals surface area contributed by atoms with Crippen LogP contribution < -0.4 is 0 Å². The normalized spacial score (nSPS) is 20.3. The van der Waals surface area contributed by atoms with E-state index in [0.29, 0.717) is 11.6 Å². The molecule has 0 spiro atoms. The molecule has 0 N–H and O–H groups in total. The van der Waals surface area contributed by atoms with Gasteiger partial charge in [0.25, 0.3) is 5.91 Å².